The van der Waals surface area contributed by atoms with Crippen molar-refractivity contribution < 1.29 is 10.2 Å². The fourth-order valence-electron chi connectivity index (χ4n) is 2.34. The molecule has 0 saturated carbocycles. The molecule has 1 aromatic rings. The number of hydrogen-bond donors (Lipinski definition) is 2. The average Bonchev–Trinajstić information content (AvgIpc) is 2.36. The van der Waals surface area contributed by atoms with Gasteiger partial charge in [0.1, 0.15) is 11.6 Å². The van der Waals surface area contributed by atoms with Crippen molar-refractivity contribution in [2.24, 2.45) is 0 Å². The number of pyridine rings is 1. The summed E-state index contributed by atoms with van der Waals surface area (Å²) in [7, 11) is 0. The summed E-state index contributed by atoms with van der Waals surface area (Å²) in [5.41, 5.74) is 0. The first-order valence-corrected chi connectivity index (χ1v) is 7.71. The van der Waals surface area contributed by atoms with Crippen LogP contribution < -0.4 is 4.90 Å². The molecule has 0 atom stereocenters. The molecule has 2 N–H and O–H groups in total. The Bertz CT molecular complexity index is 374. The lowest BCUT2D eigenvalue weighted by molar-refractivity contribution is 0.433. The first-order valence-electron chi connectivity index (χ1n) is 7.71. The van der Waals surface area contributed by atoms with Gasteiger partial charge in [0, 0.05) is 24.7 Å². The first kappa shape index (κ1) is 16.6. The molecule has 0 aromatic carbocycles. The average molecular weight is 280 g/mol. The maximum atomic E-state index is 9.57. The lowest BCUT2D eigenvalue weighted by Crippen LogP contribution is -2.32. The number of unbranched alkanes of at least 4 members (excludes halogenated alkanes) is 5. The third kappa shape index (κ3) is 5.68. The SMILES string of the molecule is CCCCCCCCN(c1cc(O)cc(O)n1)C(C)C. The highest BCUT2D eigenvalue weighted by Gasteiger charge is 2.13. The van der Waals surface area contributed by atoms with E-state index in [0.29, 0.717) is 11.9 Å². The summed E-state index contributed by atoms with van der Waals surface area (Å²) in [5.74, 6) is 0.570. The zero-order chi connectivity index (χ0) is 15.0. The summed E-state index contributed by atoms with van der Waals surface area (Å²) in [6.07, 6.45) is 7.50. The Morgan fingerprint density at radius 2 is 1.70 bits per heavy atom. The van der Waals surface area contributed by atoms with Gasteiger partial charge in [-0.1, -0.05) is 39.0 Å². The van der Waals surface area contributed by atoms with E-state index in [1.54, 1.807) is 6.07 Å². The quantitative estimate of drug-likeness (QED) is 0.669. The Morgan fingerprint density at radius 3 is 2.30 bits per heavy atom. The Hall–Kier alpha value is -1.45. The standard InChI is InChI=1S/C16H28N2O2/c1-4-5-6-7-8-9-10-18(13(2)3)15-11-14(19)12-16(20)17-15/h11-13H,4-10H2,1-3H3,(H2,17,19,20). The van der Waals surface area contributed by atoms with Crippen molar-refractivity contribution in [1.82, 2.24) is 4.98 Å². The Morgan fingerprint density at radius 1 is 1.05 bits per heavy atom. The Balaban J connectivity index is 2.52. The predicted molar refractivity (Wildman–Crippen MR) is 83.4 cm³/mol. The minimum Gasteiger partial charge on any atom is -0.508 e. The lowest BCUT2D eigenvalue weighted by atomic mass is 10.1. The van der Waals surface area contributed by atoms with Gasteiger partial charge >= 0.3 is 0 Å². The summed E-state index contributed by atoms with van der Waals surface area (Å²) >= 11 is 0. The second-order valence-corrected chi connectivity index (χ2v) is 5.60. The summed E-state index contributed by atoms with van der Waals surface area (Å²) < 4.78 is 0. The number of aromatic nitrogens is 1. The molecule has 0 aliphatic heterocycles. The molecule has 1 rings (SSSR count). The molecular formula is C16H28N2O2. The summed E-state index contributed by atoms with van der Waals surface area (Å²) in [5, 5.41) is 19.1. The van der Waals surface area contributed by atoms with E-state index in [9.17, 15) is 10.2 Å². The van der Waals surface area contributed by atoms with Crippen LogP contribution in [-0.4, -0.2) is 27.8 Å². The van der Waals surface area contributed by atoms with E-state index in [4.69, 9.17) is 0 Å². The third-order valence-electron chi connectivity index (χ3n) is 3.45. The van der Waals surface area contributed by atoms with Crippen molar-refractivity contribution in [1.29, 1.82) is 0 Å². The van der Waals surface area contributed by atoms with Crippen molar-refractivity contribution in [3.05, 3.63) is 12.1 Å². The molecule has 0 radical (unpaired) electrons. The largest absolute Gasteiger partial charge is 0.508 e. The van der Waals surface area contributed by atoms with Crippen LogP contribution in [0.25, 0.3) is 0 Å². The molecule has 0 aliphatic carbocycles. The van der Waals surface area contributed by atoms with Crippen LogP contribution >= 0.6 is 0 Å². The fraction of sp³-hybridized carbons (Fsp3) is 0.688. The lowest BCUT2D eigenvalue weighted by Gasteiger charge is -2.28. The molecule has 0 aliphatic rings. The van der Waals surface area contributed by atoms with Crippen LogP contribution in [0.3, 0.4) is 0 Å². The number of anilines is 1. The van der Waals surface area contributed by atoms with E-state index in [1.807, 2.05) is 0 Å². The highest BCUT2D eigenvalue weighted by molar-refractivity contribution is 5.46. The van der Waals surface area contributed by atoms with Gasteiger partial charge in [0.25, 0.3) is 0 Å². The van der Waals surface area contributed by atoms with Crippen LogP contribution in [0.5, 0.6) is 11.6 Å². The molecular weight excluding hydrogens is 252 g/mol. The minimum absolute atomic E-state index is 0.0566. The molecule has 1 heterocycles. The molecule has 0 bridgehead atoms. The van der Waals surface area contributed by atoms with Gasteiger partial charge in [0.2, 0.25) is 5.88 Å². The van der Waals surface area contributed by atoms with Gasteiger partial charge in [-0.25, -0.2) is 0 Å². The fourth-order valence-corrected chi connectivity index (χ4v) is 2.34. The van der Waals surface area contributed by atoms with Gasteiger partial charge in [-0.05, 0) is 20.3 Å². The molecule has 0 spiro atoms. The van der Waals surface area contributed by atoms with Crippen molar-refractivity contribution >= 4 is 5.82 Å². The van der Waals surface area contributed by atoms with E-state index in [2.05, 4.69) is 30.7 Å². The maximum Gasteiger partial charge on any atom is 0.216 e. The molecule has 0 unspecified atom stereocenters. The van der Waals surface area contributed by atoms with E-state index in [1.165, 1.54) is 38.2 Å². The van der Waals surface area contributed by atoms with Crippen LogP contribution in [0.2, 0.25) is 0 Å². The molecule has 0 amide bonds. The predicted octanol–water partition coefficient (Wildman–Crippen LogP) is 4.07. The summed E-state index contributed by atoms with van der Waals surface area (Å²) in [6, 6.07) is 3.16. The molecule has 0 fully saturated rings. The highest BCUT2D eigenvalue weighted by Crippen LogP contribution is 2.24. The van der Waals surface area contributed by atoms with Crippen molar-refractivity contribution in [2.45, 2.75) is 65.3 Å². The van der Waals surface area contributed by atoms with Gasteiger partial charge in [-0.3, -0.25) is 0 Å². The van der Waals surface area contributed by atoms with Gasteiger partial charge < -0.3 is 15.1 Å². The van der Waals surface area contributed by atoms with Gasteiger partial charge in [-0.15, -0.1) is 0 Å². The van der Waals surface area contributed by atoms with E-state index in [-0.39, 0.29) is 11.6 Å². The van der Waals surface area contributed by atoms with Gasteiger partial charge in [0.15, 0.2) is 0 Å². The molecule has 4 heteroatoms. The Labute approximate surface area is 122 Å². The third-order valence-corrected chi connectivity index (χ3v) is 3.45. The minimum atomic E-state index is -0.131. The van der Waals surface area contributed by atoms with E-state index >= 15 is 0 Å². The van der Waals surface area contributed by atoms with Crippen LogP contribution in [-0.2, 0) is 0 Å². The van der Waals surface area contributed by atoms with Crippen LogP contribution in [0.1, 0.15) is 59.3 Å². The molecule has 114 valence electrons. The second kappa shape index (κ2) is 8.67. The number of nitrogens with zero attached hydrogens (tertiary/aromatic N) is 2. The van der Waals surface area contributed by atoms with Gasteiger partial charge in [-0.2, -0.15) is 4.98 Å². The maximum absolute atomic E-state index is 9.57. The zero-order valence-corrected chi connectivity index (χ0v) is 13.0. The highest BCUT2D eigenvalue weighted by atomic mass is 16.3. The monoisotopic (exact) mass is 280 g/mol. The number of aromatic hydroxyl groups is 2. The first-order chi connectivity index (χ1) is 9.54. The van der Waals surface area contributed by atoms with Crippen LogP contribution in [0.15, 0.2) is 12.1 Å². The summed E-state index contributed by atoms with van der Waals surface area (Å²) in [6.45, 7) is 7.32. The molecule has 4 nitrogen and oxygen atoms in total. The number of rotatable bonds is 9. The molecule has 0 saturated heterocycles. The Kier molecular flexibility index (Phi) is 7.20. The topological polar surface area (TPSA) is 56.6 Å². The van der Waals surface area contributed by atoms with Crippen molar-refractivity contribution in [2.75, 3.05) is 11.4 Å². The molecule has 1 aromatic heterocycles. The number of hydrogen-bond acceptors (Lipinski definition) is 4. The second-order valence-electron chi connectivity index (χ2n) is 5.60. The summed E-state index contributed by atoms with van der Waals surface area (Å²) in [4.78, 5) is 6.23. The van der Waals surface area contributed by atoms with Crippen LogP contribution in [0, 0.1) is 0 Å². The van der Waals surface area contributed by atoms with E-state index < -0.39 is 0 Å². The zero-order valence-electron chi connectivity index (χ0n) is 13.0. The molecule has 20 heavy (non-hydrogen) atoms. The van der Waals surface area contributed by atoms with Gasteiger partial charge in [0.05, 0.1) is 0 Å². The van der Waals surface area contributed by atoms with Crippen LogP contribution in [0.4, 0.5) is 5.82 Å². The van der Waals surface area contributed by atoms with Crippen molar-refractivity contribution in [3.8, 4) is 11.6 Å². The van der Waals surface area contributed by atoms with E-state index in [0.717, 1.165) is 13.0 Å². The smallest absolute Gasteiger partial charge is 0.216 e. The van der Waals surface area contributed by atoms with Crippen molar-refractivity contribution in [3.63, 3.8) is 0 Å². The normalized spacial score (nSPS) is 11.0.